The monoisotopic (exact) mass is 281 g/mol. The van der Waals surface area contributed by atoms with E-state index in [1.54, 1.807) is 6.07 Å². The standard InChI is InChI=1S/C15H20ClNO2/c16-12-7-5-4-6-11(12)10-15(19)17-13-8-2-1-3-9-14(13)18/h4-7,13-14,18H,1-3,8-10H2,(H,17,19). The molecule has 0 radical (unpaired) electrons. The van der Waals surface area contributed by atoms with Crippen molar-refractivity contribution in [2.45, 2.75) is 50.7 Å². The fourth-order valence-electron chi connectivity index (χ4n) is 2.53. The van der Waals surface area contributed by atoms with Crippen LogP contribution < -0.4 is 5.32 Å². The molecule has 1 saturated carbocycles. The second-order valence-corrected chi connectivity index (χ2v) is 5.55. The van der Waals surface area contributed by atoms with Crippen LogP contribution in [-0.2, 0) is 11.2 Å². The van der Waals surface area contributed by atoms with Gasteiger partial charge in [0.05, 0.1) is 18.6 Å². The van der Waals surface area contributed by atoms with Crippen LogP contribution in [0.1, 0.15) is 37.7 Å². The highest BCUT2D eigenvalue weighted by Gasteiger charge is 2.23. The topological polar surface area (TPSA) is 49.3 Å². The van der Waals surface area contributed by atoms with Crippen molar-refractivity contribution in [1.29, 1.82) is 0 Å². The van der Waals surface area contributed by atoms with Gasteiger partial charge in [0.2, 0.25) is 5.91 Å². The smallest absolute Gasteiger partial charge is 0.224 e. The van der Waals surface area contributed by atoms with Crippen molar-refractivity contribution in [3.63, 3.8) is 0 Å². The van der Waals surface area contributed by atoms with Crippen LogP contribution in [0.15, 0.2) is 24.3 Å². The highest BCUT2D eigenvalue weighted by molar-refractivity contribution is 6.31. The summed E-state index contributed by atoms with van der Waals surface area (Å²) in [7, 11) is 0. The van der Waals surface area contributed by atoms with Gasteiger partial charge in [0.25, 0.3) is 0 Å². The zero-order chi connectivity index (χ0) is 13.7. The van der Waals surface area contributed by atoms with E-state index in [9.17, 15) is 9.90 Å². The van der Waals surface area contributed by atoms with Crippen LogP contribution in [-0.4, -0.2) is 23.2 Å². The lowest BCUT2D eigenvalue weighted by Gasteiger charge is -2.21. The van der Waals surface area contributed by atoms with E-state index in [-0.39, 0.29) is 18.4 Å². The van der Waals surface area contributed by atoms with E-state index in [2.05, 4.69) is 5.32 Å². The van der Waals surface area contributed by atoms with Crippen LogP contribution in [0.4, 0.5) is 0 Å². The fraction of sp³-hybridized carbons (Fsp3) is 0.533. The number of hydrogen-bond acceptors (Lipinski definition) is 2. The molecule has 2 rings (SSSR count). The van der Waals surface area contributed by atoms with Crippen LogP contribution in [0.3, 0.4) is 0 Å². The molecule has 1 aromatic carbocycles. The van der Waals surface area contributed by atoms with Crippen molar-refractivity contribution in [3.8, 4) is 0 Å². The zero-order valence-electron chi connectivity index (χ0n) is 10.9. The molecule has 1 aromatic rings. The number of carbonyl (C=O) groups excluding carboxylic acids is 1. The first-order chi connectivity index (χ1) is 9.16. The van der Waals surface area contributed by atoms with E-state index in [1.807, 2.05) is 18.2 Å². The van der Waals surface area contributed by atoms with E-state index >= 15 is 0 Å². The Balaban J connectivity index is 1.92. The average Bonchev–Trinajstić information content (AvgIpc) is 2.58. The molecular weight excluding hydrogens is 262 g/mol. The van der Waals surface area contributed by atoms with Crippen LogP contribution in [0.5, 0.6) is 0 Å². The van der Waals surface area contributed by atoms with Crippen molar-refractivity contribution >= 4 is 17.5 Å². The Labute approximate surface area is 119 Å². The lowest BCUT2D eigenvalue weighted by molar-refractivity contribution is -0.122. The Morgan fingerprint density at radius 1 is 1.26 bits per heavy atom. The molecule has 0 heterocycles. The van der Waals surface area contributed by atoms with Crippen LogP contribution in [0.25, 0.3) is 0 Å². The van der Waals surface area contributed by atoms with Crippen molar-refractivity contribution < 1.29 is 9.90 Å². The Hall–Kier alpha value is -1.06. The van der Waals surface area contributed by atoms with E-state index in [4.69, 9.17) is 11.6 Å². The minimum absolute atomic E-state index is 0.0703. The Kier molecular flexibility index (Phi) is 5.23. The van der Waals surface area contributed by atoms with E-state index < -0.39 is 6.10 Å². The van der Waals surface area contributed by atoms with Crippen molar-refractivity contribution in [2.75, 3.05) is 0 Å². The average molecular weight is 282 g/mol. The van der Waals surface area contributed by atoms with E-state index in [0.29, 0.717) is 5.02 Å². The largest absolute Gasteiger partial charge is 0.391 e. The summed E-state index contributed by atoms with van der Waals surface area (Å²) in [6.45, 7) is 0. The van der Waals surface area contributed by atoms with Gasteiger partial charge in [-0.1, -0.05) is 49.1 Å². The first kappa shape index (κ1) is 14.4. The molecule has 19 heavy (non-hydrogen) atoms. The number of halogens is 1. The molecule has 0 spiro atoms. The molecule has 2 unspecified atom stereocenters. The minimum atomic E-state index is -0.419. The van der Waals surface area contributed by atoms with Gasteiger partial charge < -0.3 is 10.4 Å². The summed E-state index contributed by atoms with van der Waals surface area (Å²) >= 11 is 6.04. The Bertz CT molecular complexity index is 436. The van der Waals surface area contributed by atoms with Crippen molar-refractivity contribution in [1.82, 2.24) is 5.32 Å². The molecule has 2 N–H and O–H groups in total. The fourth-order valence-corrected chi connectivity index (χ4v) is 2.73. The molecule has 3 nitrogen and oxygen atoms in total. The predicted molar refractivity (Wildman–Crippen MR) is 76.2 cm³/mol. The normalized spacial score (nSPS) is 23.7. The summed E-state index contributed by atoms with van der Waals surface area (Å²) in [5.74, 6) is -0.0703. The second kappa shape index (κ2) is 6.92. The number of carbonyl (C=O) groups is 1. The molecular formula is C15H20ClNO2. The third-order valence-electron chi connectivity index (χ3n) is 3.63. The second-order valence-electron chi connectivity index (χ2n) is 5.15. The minimum Gasteiger partial charge on any atom is -0.391 e. The summed E-state index contributed by atoms with van der Waals surface area (Å²) in [5.41, 5.74) is 0.824. The highest BCUT2D eigenvalue weighted by Crippen LogP contribution is 2.19. The number of hydrogen-bond donors (Lipinski definition) is 2. The van der Waals surface area contributed by atoms with Crippen molar-refractivity contribution in [3.05, 3.63) is 34.9 Å². The van der Waals surface area contributed by atoms with Gasteiger partial charge in [-0.3, -0.25) is 4.79 Å². The summed E-state index contributed by atoms with van der Waals surface area (Å²) in [6, 6.07) is 7.24. The van der Waals surface area contributed by atoms with Gasteiger partial charge in [0, 0.05) is 5.02 Å². The lowest BCUT2D eigenvalue weighted by atomic mass is 10.1. The third-order valence-corrected chi connectivity index (χ3v) is 4.00. The molecule has 1 aliphatic carbocycles. The number of nitrogens with one attached hydrogen (secondary N) is 1. The molecule has 0 bridgehead atoms. The third kappa shape index (κ3) is 4.22. The van der Waals surface area contributed by atoms with Crippen LogP contribution >= 0.6 is 11.6 Å². The molecule has 0 saturated heterocycles. The number of aliphatic hydroxyl groups is 1. The lowest BCUT2D eigenvalue weighted by Crippen LogP contribution is -2.43. The molecule has 4 heteroatoms. The molecule has 2 atom stereocenters. The zero-order valence-corrected chi connectivity index (χ0v) is 11.7. The number of benzene rings is 1. The molecule has 0 aromatic heterocycles. The van der Waals surface area contributed by atoms with Crippen LogP contribution in [0.2, 0.25) is 5.02 Å². The number of rotatable bonds is 3. The first-order valence-electron chi connectivity index (χ1n) is 6.87. The van der Waals surface area contributed by atoms with E-state index in [1.165, 1.54) is 0 Å². The predicted octanol–water partition coefficient (Wildman–Crippen LogP) is 2.69. The molecule has 1 aliphatic rings. The summed E-state index contributed by atoms with van der Waals surface area (Å²) in [4.78, 5) is 12.0. The maximum Gasteiger partial charge on any atom is 0.224 e. The summed E-state index contributed by atoms with van der Waals surface area (Å²) in [6.07, 6.45) is 4.72. The molecule has 1 fully saturated rings. The SMILES string of the molecule is O=C(Cc1ccccc1Cl)NC1CCCCCC1O. The summed E-state index contributed by atoms with van der Waals surface area (Å²) < 4.78 is 0. The molecule has 0 aliphatic heterocycles. The highest BCUT2D eigenvalue weighted by atomic mass is 35.5. The van der Waals surface area contributed by atoms with Gasteiger partial charge in [-0.15, -0.1) is 0 Å². The Morgan fingerprint density at radius 3 is 2.79 bits per heavy atom. The van der Waals surface area contributed by atoms with Gasteiger partial charge in [0.15, 0.2) is 0 Å². The maximum absolute atomic E-state index is 12.0. The van der Waals surface area contributed by atoms with Gasteiger partial charge >= 0.3 is 0 Å². The van der Waals surface area contributed by atoms with Gasteiger partial charge in [0.1, 0.15) is 0 Å². The van der Waals surface area contributed by atoms with Gasteiger partial charge in [-0.2, -0.15) is 0 Å². The van der Waals surface area contributed by atoms with Gasteiger partial charge in [-0.25, -0.2) is 0 Å². The number of amides is 1. The quantitative estimate of drug-likeness (QED) is 0.837. The van der Waals surface area contributed by atoms with Gasteiger partial charge in [-0.05, 0) is 24.5 Å². The Morgan fingerprint density at radius 2 is 2.00 bits per heavy atom. The summed E-state index contributed by atoms with van der Waals surface area (Å²) in [5, 5.41) is 13.5. The van der Waals surface area contributed by atoms with Crippen LogP contribution in [0, 0.1) is 0 Å². The number of aliphatic hydroxyl groups excluding tert-OH is 1. The molecule has 1 amide bonds. The maximum atomic E-state index is 12.0. The first-order valence-corrected chi connectivity index (χ1v) is 7.25. The van der Waals surface area contributed by atoms with E-state index in [0.717, 1.165) is 37.7 Å². The molecule has 104 valence electrons. The van der Waals surface area contributed by atoms with Crippen molar-refractivity contribution in [2.24, 2.45) is 0 Å².